The maximum Gasteiger partial charge on any atom is 0.245 e. The van der Waals surface area contributed by atoms with Crippen LogP contribution in [0.15, 0.2) is 72.1 Å². The zero-order chi connectivity index (χ0) is 29.6. The van der Waals surface area contributed by atoms with Crippen molar-refractivity contribution in [1.82, 2.24) is 29.1 Å². The molecule has 4 aromatic rings. The second-order valence-electron chi connectivity index (χ2n) is 10.1. The fourth-order valence-electron chi connectivity index (χ4n) is 4.49. The van der Waals surface area contributed by atoms with E-state index in [9.17, 15) is 18.3 Å². The smallest absolute Gasteiger partial charge is 0.245 e. The van der Waals surface area contributed by atoms with E-state index >= 15 is 0 Å². The van der Waals surface area contributed by atoms with E-state index in [2.05, 4.69) is 20.3 Å². The SMILES string of the molecule is COc1ncnc2c1ncn2CC(=O)N[C@@H](Cc1ccccc1)[C@H](O)CN(CC(C)C)S(=O)(=O)c1ccc(N)cc1. The maximum atomic E-state index is 13.6. The number of anilines is 1. The summed E-state index contributed by atoms with van der Waals surface area (Å²) in [5.74, 6) is -0.126. The number of nitrogens with one attached hydrogen (secondary N) is 1. The number of carbonyl (C=O) groups excluding carboxylic acids is 1. The van der Waals surface area contributed by atoms with E-state index in [-0.39, 0.29) is 36.9 Å². The molecule has 0 radical (unpaired) electrons. The van der Waals surface area contributed by atoms with Crippen LogP contribution in [0.1, 0.15) is 19.4 Å². The summed E-state index contributed by atoms with van der Waals surface area (Å²) in [5, 5.41) is 14.3. The van der Waals surface area contributed by atoms with Crippen LogP contribution in [0.5, 0.6) is 5.88 Å². The van der Waals surface area contributed by atoms with Crippen molar-refractivity contribution < 1.29 is 23.1 Å². The summed E-state index contributed by atoms with van der Waals surface area (Å²) in [7, 11) is -2.48. The first-order valence-corrected chi connectivity index (χ1v) is 14.6. The van der Waals surface area contributed by atoms with Gasteiger partial charge in [-0.1, -0.05) is 44.2 Å². The lowest BCUT2D eigenvalue weighted by atomic mass is 10.0. The summed E-state index contributed by atoms with van der Waals surface area (Å²) >= 11 is 0. The molecule has 0 bridgehead atoms. The molecule has 4 N–H and O–H groups in total. The summed E-state index contributed by atoms with van der Waals surface area (Å²) in [6.07, 6.45) is 1.85. The van der Waals surface area contributed by atoms with Crippen LogP contribution in [0, 0.1) is 5.92 Å². The van der Waals surface area contributed by atoms with Crippen LogP contribution in [0.25, 0.3) is 11.2 Å². The summed E-state index contributed by atoms with van der Waals surface area (Å²) in [5.41, 5.74) is 7.91. The molecule has 0 aliphatic carbocycles. The van der Waals surface area contributed by atoms with E-state index in [1.54, 1.807) is 4.57 Å². The van der Waals surface area contributed by atoms with Gasteiger partial charge in [-0.15, -0.1) is 0 Å². The molecule has 41 heavy (non-hydrogen) atoms. The Labute approximate surface area is 239 Å². The monoisotopic (exact) mass is 581 g/mol. The van der Waals surface area contributed by atoms with Crippen molar-refractivity contribution in [3.63, 3.8) is 0 Å². The van der Waals surface area contributed by atoms with Crippen LogP contribution in [0.3, 0.4) is 0 Å². The Balaban J connectivity index is 1.57. The van der Waals surface area contributed by atoms with E-state index in [1.807, 2.05) is 44.2 Å². The van der Waals surface area contributed by atoms with Gasteiger partial charge in [-0.05, 0) is 42.2 Å². The second kappa shape index (κ2) is 13.1. The first kappa shape index (κ1) is 29.9. The van der Waals surface area contributed by atoms with Crippen molar-refractivity contribution in [2.24, 2.45) is 5.92 Å². The first-order chi connectivity index (χ1) is 19.6. The van der Waals surface area contributed by atoms with Crippen molar-refractivity contribution in [2.45, 2.75) is 43.9 Å². The number of nitrogen functional groups attached to an aromatic ring is 1. The van der Waals surface area contributed by atoms with E-state index in [0.717, 1.165) is 5.56 Å². The number of aliphatic hydroxyl groups is 1. The van der Waals surface area contributed by atoms with Crippen molar-refractivity contribution in [3.8, 4) is 5.88 Å². The molecule has 218 valence electrons. The van der Waals surface area contributed by atoms with Crippen LogP contribution in [0.4, 0.5) is 5.69 Å². The van der Waals surface area contributed by atoms with Gasteiger partial charge in [0.15, 0.2) is 11.2 Å². The molecule has 0 saturated heterocycles. The highest BCUT2D eigenvalue weighted by molar-refractivity contribution is 7.89. The average molecular weight is 582 g/mol. The van der Waals surface area contributed by atoms with E-state index in [0.29, 0.717) is 22.7 Å². The van der Waals surface area contributed by atoms with Gasteiger partial charge in [0.2, 0.25) is 21.8 Å². The average Bonchev–Trinajstić information content (AvgIpc) is 3.35. The number of aromatic nitrogens is 4. The topological polar surface area (TPSA) is 166 Å². The van der Waals surface area contributed by atoms with Gasteiger partial charge in [0, 0.05) is 18.8 Å². The molecule has 0 aliphatic heterocycles. The molecule has 2 aromatic heterocycles. The molecule has 12 nitrogen and oxygen atoms in total. The van der Waals surface area contributed by atoms with Gasteiger partial charge in [0.1, 0.15) is 12.9 Å². The molecule has 2 heterocycles. The zero-order valence-corrected chi connectivity index (χ0v) is 24.0. The number of nitrogens with two attached hydrogens (primary N) is 1. The molecule has 0 saturated carbocycles. The fourth-order valence-corrected chi connectivity index (χ4v) is 6.11. The van der Waals surface area contributed by atoms with Crippen LogP contribution in [-0.2, 0) is 27.8 Å². The number of sulfonamides is 1. The number of carbonyl (C=O) groups is 1. The Kier molecular flexibility index (Phi) is 9.53. The minimum absolute atomic E-state index is 0.0126. The molecule has 13 heteroatoms. The van der Waals surface area contributed by atoms with Crippen molar-refractivity contribution >= 4 is 32.8 Å². The summed E-state index contributed by atoms with van der Waals surface area (Å²) < 4.78 is 35.1. The molecule has 0 unspecified atom stereocenters. The van der Waals surface area contributed by atoms with Gasteiger partial charge in [-0.25, -0.2) is 18.4 Å². The van der Waals surface area contributed by atoms with Gasteiger partial charge in [0.05, 0.1) is 30.5 Å². The lowest BCUT2D eigenvalue weighted by molar-refractivity contribution is -0.123. The number of methoxy groups -OCH3 is 1. The number of imidazole rings is 1. The minimum atomic E-state index is -3.95. The number of aliphatic hydroxyl groups excluding tert-OH is 1. The molecule has 0 fully saturated rings. The molecule has 0 spiro atoms. The van der Waals surface area contributed by atoms with Gasteiger partial charge in [-0.2, -0.15) is 9.29 Å². The second-order valence-corrected chi connectivity index (χ2v) is 12.1. The molecule has 0 aliphatic rings. The Morgan fingerprint density at radius 3 is 2.44 bits per heavy atom. The summed E-state index contributed by atoms with van der Waals surface area (Å²) in [4.78, 5) is 25.8. The number of fused-ring (bicyclic) bond motifs is 1. The summed E-state index contributed by atoms with van der Waals surface area (Å²) in [6, 6.07) is 14.5. The minimum Gasteiger partial charge on any atom is -0.479 e. The van der Waals surface area contributed by atoms with Crippen molar-refractivity contribution in [3.05, 3.63) is 72.8 Å². The molecule has 4 rings (SSSR count). The molecule has 1 amide bonds. The molecule has 2 aromatic carbocycles. The standard InChI is InChI=1S/C28H35N7O5S/c1-19(2)14-35(41(38,39)22-11-9-21(29)10-12-22)15-24(36)23(13-20-7-5-4-6-8-20)33-25(37)16-34-18-32-26-27(34)30-17-31-28(26)40-3/h4-12,17-19,23-24,36H,13-16,29H2,1-3H3,(H,33,37)/t23-,24+/m0/s1. The van der Waals surface area contributed by atoms with Gasteiger partial charge in [-0.3, -0.25) is 4.79 Å². The lowest BCUT2D eigenvalue weighted by Gasteiger charge is -2.31. The van der Waals surface area contributed by atoms with Crippen LogP contribution < -0.4 is 15.8 Å². The van der Waals surface area contributed by atoms with Crippen LogP contribution in [-0.4, -0.2) is 75.6 Å². The van der Waals surface area contributed by atoms with Crippen LogP contribution in [0.2, 0.25) is 0 Å². The third-order valence-electron chi connectivity index (χ3n) is 6.46. The number of rotatable bonds is 13. The largest absolute Gasteiger partial charge is 0.479 e. The molecular weight excluding hydrogens is 546 g/mol. The zero-order valence-electron chi connectivity index (χ0n) is 23.2. The highest BCUT2D eigenvalue weighted by Gasteiger charge is 2.31. The lowest BCUT2D eigenvalue weighted by Crippen LogP contribution is -2.51. The third kappa shape index (κ3) is 7.37. The number of benzene rings is 2. The predicted molar refractivity (Wildman–Crippen MR) is 154 cm³/mol. The van der Waals surface area contributed by atoms with Crippen molar-refractivity contribution in [2.75, 3.05) is 25.9 Å². The highest BCUT2D eigenvalue weighted by Crippen LogP contribution is 2.21. The Morgan fingerprint density at radius 1 is 1.07 bits per heavy atom. The maximum absolute atomic E-state index is 13.6. The van der Waals surface area contributed by atoms with E-state index in [4.69, 9.17) is 10.5 Å². The Bertz CT molecular complexity index is 1560. The number of ether oxygens (including phenoxy) is 1. The Morgan fingerprint density at radius 2 is 1.78 bits per heavy atom. The number of hydrogen-bond donors (Lipinski definition) is 3. The number of nitrogens with zero attached hydrogens (tertiary/aromatic N) is 5. The summed E-state index contributed by atoms with van der Waals surface area (Å²) in [6.45, 7) is 3.62. The number of hydrogen-bond acceptors (Lipinski definition) is 9. The van der Waals surface area contributed by atoms with E-state index < -0.39 is 28.1 Å². The normalized spacial score (nSPS) is 13.4. The quantitative estimate of drug-likeness (QED) is 0.200. The highest BCUT2D eigenvalue weighted by atomic mass is 32.2. The number of amides is 1. The first-order valence-electron chi connectivity index (χ1n) is 13.1. The van der Waals surface area contributed by atoms with Gasteiger partial charge in [0.25, 0.3) is 0 Å². The van der Waals surface area contributed by atoms with Gasteiger partial charge >= 0.3 is 0 Å². The van der Waals surface area contributed by atoms with Crippen LogP contribution >= 0.6 is 0 Å². The molecule has 2 atom stereocenters. The fraction of sp³-hybridized carbons (Fsp3) is 0.357. The van der Waals surface area contributed by atoms with Crippen molar-refractivity contribution in [1.29, 1.82) is 0 Å². The molecular formula is C28H35N7O5S. The van der Waals surface area contributed by atoms with Gasteiger partial charge < -0.3 is 25.5 Å². The van der Waals surface area contributed by atoms with E-state index in [1.165, 1.54) is 48.3 Å². The third-order valence-corrected chi connectivity index (χ3v) is 8.31. The predicted octanol–water partition coefficient (Wildman–Crippen LogP) is 1.85. The Hall–Kier alpha value is -4.07.